The summed E-state index contributed by atoms with van der Waals surface area (Å²) in [5.74, 6) is -2.55. The summed E-state index contributed by atoms with van der Waals surface area (Å²) in [5.41, 5.74) is -0.695. The van der Waals surface area contributed by atoms with E-state index in [0.29, 0.717) is 0 Å². The summed E-state index contributed by atoms with van der Waals surface area (Å²) in [6.45, 7) is 4.67. The van der Waals surface area contributed by atoms with E-state index in [-0.39, 0.29) is 17.9 Å². The standard InChI is InChI=1S/C10H17NO4S/c1-8(9(12)13)6-16(14,15)5-4-10(2,3)7-11/h8H,4-6H2,1-3H3,(H,12,13). The molecule has 0 aliphatic heterocycles. The summed E-state index contributed by atoms with van der Waals surface area (Å²) in [6, 6.07) is 2.01. The lowest BCUT2D eigenvalue weighted by molar-refractivity contribution is -0.140. The first-order valence-electron chi connectivity index (χ1n) is 4.94. The van der Waals surface area contributed by atoms with Crippen LogP contribution in [0.5, 0.6) is 0 Å². The zero-order valence-corrected chi connectivity index (χ0v) is 10.5. The van der Waals surface area contributed by atoms with Crippen molar-refractivity contribution in [1.82, 2.24) is 0 Å². The van der Waals surface area contributed by atoms with Crippen LogP contribution in [-0.2, 0) is 14.6 Å². The summed E-state index contributed by atoms with van der Waals surface area (Å²) in [4.78, 5) is 10.5. The van der Waals surface area contributed by atoms with Crippen molar-refractivity contribution in [2.24, 2.45) is 11.3 Å². The van der Waals surface area contributed by atoms with Gasteiger partial charge >= 0.3 is 5.97 Å². The van der Waals surface area contributed by atoms with E-state index in [4.69, 9.17) is 10.4 Å². The highest BCUT2D eigenvalue weighted by atomic mass is 32.2. The molecule has 0 saturated carbocycles. The van der Waals surface area contributed by atoms with Crippen molar-refractivity contribution in [3.05, 3.63) is 0 Å². The Labute approximate surface area is 96.0 Å². The molecule has 0 aromatic rings. The van der Waals surface area contributed by atoms with E-state index in [1.54, 1.807) is 13.8 Å². The molecule has 1 atom stereocenters. The first kappa shape index (κ1) is 14.9. The van der Waals surface area contributed by atoms with Gasteiger partial charge < -0.3 is 5.11 Å². The fraction of sp³-hybridized carbons (Fsp3) is 0.800. The van der Waals surface area contributed by atoms with E-state index in [2.05, 4.69) is 0 Å². The second-order valence-electron chi connectivity index (χ2n) is 4.60. The van der Waals surface area contributed by atoms with Crippen molar-refractivity contribution in [3.8, 4) is 6.07 Å². The largest absolute Gasteiger partial charge is 0.481 e. The van der Waals surface area contributed by atoms with Crippen LogP contribution in [0, 0.1) is 22.7 Å². The van der Waals surface area contributed by atoms with Crippen molar-refractivity contribution in [2.75, 3.05) is 11.5 Å². The van der Waals surface area contributed by atoms with Crippen LogP contribution in [0.2, 0.25) is 0 Å². The molecule has 16 heavy (non-hydrogen) atoms. The lowest BCUT2D eigenvalue weighted by atomic mass is 9.93. The van der Waals surface area contributed by atoms with Crippen molar-refractivity contribution in [1.29, 1.82) is 5.26 Å². The Morgan fingerprint density at radius 3 is 2.38 bits per heavy atom. The van der Waals surface area contributed by atoms with Gasteiger partial charge in [-0.05, 0) is 20.3 Å². The number of hydrogen-bond acceptors (Lipinski definition) is 4. The number of carboxylic acid groups (broad SMARTS) is 1. The molecule has 5 nitrogen and oxygen atoms in total. The molecule has 0 amide bonds. The van der Waals surface area contributed by atoms with Gasteiger partial charge in [-0.15, -0.1) is 0 Å². The second-order valence-corrected chi connectivity index (χ2v) is 6.83. The molecule has 0 aliphatic rings. The van der Waals surface area contributed by atoms with E-state index in [1.165, 1.54) is 6.92 Å². The molecule has 0 aliphatic carbocycles. The molecule has 0 fully saturated rings. The zero-order valence-electron chi connectivity index (χ0n) is 9.73. The van der Waals surface area contributed by atoms with E-state index >= 15 is 0 Å². The highest BCUT2D eigenvalue weighted by Crippen LogP contribution is 2.20. The number of nitrogens with zero attached hydrogens (tertiary/aromatic N) is 1. The average molecular weight is 247 g/mol. The Balaban J connectivity index is 4.40. The zero-order chi connectivity index (χ0) is 13.0. The monoisotopic (exact) mass is 247 g/mol. The average Bonchev–Trinajstić information content (AvgIpc) is 2.14. The Morgan fingerprint density at radius 2 is 2.00 bits per heavy atom. The van der Waals surface area contributed by atoms with Gasteiger partial charge in [0.1, 0.15) is 0 Å². The first-order chi connectivity index (χ1) is 7.09. The van der Waals surface area contributed by atoms with Gasteiger partial charge in [0.25, 0.3) is 0 Å². The number of rotatable bonds is 6. The van der Waals surface area contributed by atoms with Gasteiger partial charge in [0, 0.05) is 0 Å². The van der Waals surface area contributed by atoms with E-state index < -0.39 is 27.1 Å². The molecule has 0 saturated heterocycles. The number of nitriles is 1. The van der Waals surface area contributed by atoms with Gasteiger partial charge in [0.2, 0.25) is 0 Å². The van der Waals surface area contributed by atoms with Crippen LogP contribution in [-0.4, -0.2) is 31.0 Å². The number of aliphatic carboxylic acids is 1. The lowest BCUT2D eigenvalue weighted by Gasteiger charge is -2.15. The molecule has 0 aromatic heterocycles. The summed E-state index contributed by atoms with van der Waals surface area (Å²) in [6.07, 6.45) is 0.220. The van der Waals surface area contributed by atoms with Crippen LogP contribution in [0.25, 0.3) is 0 Å². The molecule has 92 valence electrons. The predicted molar refractivity (Wildman–Crippen MR) is 59.5 cm³/mol. The normalized spacial score (nSPS) is 14.1. The summed E-state index contributed by atoms with van der Waals surface area (Å²) < 4.78 is 23.1. The van der Waals surface area contributed by atoms with Crippen LogP contribution in [0.3, 0.4) is 0 Å². The van der Waals surface area contributed by atoms with Crippen LogP contribution in [0.4, 0.5) is 0 Å². The van der Waals surface area contributed by atoms with Gasteiger partial charge in [-0.3, -0.25) is 4.79 Å². The highest BCUT2D eigenvalue weighted by molar-refractivity contribution is 7.91. The quantitative estimate of drug-likeness (QED) is 0.757. The van der Waals surface area contributed by atoms with Crippen molar-refractivity contribution < 1.29 is 18.3 Å². The molecule has 1 N–H and O–H groups in total. The minimum absolute atomic E-state index is 0.148. The summed E-state index contributed by atoms with van der Waals surface area (Å²) >= 11 is 0. The fourth-order valence-corrected chi connectivity index (χ4v) is 2.89. The maximum Gasteiger partial charge on any atom is 0.307 e. The fourth-order valence-electron chi connectivity index (χ4n) is 1.00. The maximum absolute atomic E-state index is 11.5. The first-order valence-corrected chi connectivity index (χ1v) is 6.76. The molecule has 0 bridgehead atoms. The number of sulfone groups is 1. The number of carboxylic acids is 1. The van der Waals surface area contributed by atoms with Crippen LogP contribution in [0.15, 0.2) is 0 Å². The van der Waals surface area contributed by atoms with Crippen molar-refractivity contribution >= 4 is 15.8 Å². The third-order valence-electron chi connectivity index (χ3n) is 2.27. The number of carbonyl (C=O) groups is 1. The Morgan fingerprint density at radius 1 is 1.50 bits per heavy atom. The third-order valence-corrected chi connectivity index (χ3v) is 4.10. The van der Waals surface area contributed by atoms with Crippen LogP contribution < -0.4 is 0 Å². The topological polar surface area (TPSA) is 95.2 Å². The van der Waals surface area contributed by atoms with Gasteiger partial charge in [0.05, 0.1) is 28.9 Å². The summed E-state index contributed by atoms with van der Waals surface area (Å²) in [5, 5.41) is 17.3. The molecule has 0 radical (unpaired) electrons. The van der Waals surface area contributed by atoms with Crippen molar-refractivity contribution in [3.63, 3.8) is 0 Å². The Kier molecular flexibility index (Phi) is 4.94. The molecular weight excluding hydrogens is 230 g/mol. The number of hydrogen-bond donors (Lipinski definition) is 1. The maximum atomic E-state index is 11.5. The molecule has 0 heterocycles. The highest BCUT2D eigenvalue weighted by Gasteiger charge is 2.25. The van der Waals surface area contributed by atoms with Gasteiger partial charge in [0.15, 0.2) is 9.84 Å². The lowest BCUT2D eigenvalue weighted by Crippen LogP contribution is -2.25. The van der Waals surface area contributed by atoms with E-state index in [0.717, 1.165) is 0 Å². The van der Waals surface area contributed by atoms with E-state index in [1.807, 2.05) is 6.07 Å². The minimum atomic E-state index is -3.40. The van der Waals surface area contributed by atoms with Crippen molar-refractivity contribution in [2.45, 2.75) is 27.2 Å². The Hall–Kier alpha value is -1.09. The molecule has 0 aromatic carbocycles. The Bertz CT molecular complexity index is 392. The molecule has 0 rings (SSSR count). The third kappa shape index (κ3) is 5.71. The molecule has 6 heteroatoms. The SMILES string of the molecule is CC(CS(=O)(=O)CCC(C)(C)C#N)C(=O)O. The van der Waals surface area contributed by atoms with Gasteiger partial charge in [-0.25, -0.2) is 8.42 Å². The second kappa shape index (κ2) is 5.30. The van der Waals surface area contributed by atoms with Gasteiger partial charge in [-0.1, -0.05) is 6.92 Å². The van der Waals surface area contributed by atoms with Gasteiger partial charge in [-0.2, -0.15) is 5.26 Å². The summed E-state index contributed by atoms with van der Waals surface area (Å²) in [7, 11) is -3.40. The predicted octanol–water partition coefficient (Wildman–Crippen LogP) is 1.06. The molecular formula is C10H17NO4S. The minimum Gasteiger partial charge on any atom is -0.481 e. The molecule has 1 unspecified atom stereocenters. The smallest absolute Gasteiger partial charge is 0.307 e. The molecule has 0 spiro atoms. The van der Waals surface area contributed by atoms with Crippen LogP contribution >= 0.6 is 0 Å². The van der Waals surface area contributed by atoms with E-state index in [9.17, 15) is 13.2 Å². The van der Waals surface area contributed by atoms with Crippen LogP contribution in [0.1, 0.15) is 27.2 Å².